The van der Waals surface area contributed by atoms with Gasteiger partial charge in [0, 0.05) is 22.3 Å². The molecule has 41 heavy (non-hydrogen) atoms. The van der Waals surface area contributed by atoms with Crippen molar-refractivity contribution in [2.24, 2.45) is 0 Å². The Labute approximate surface area is 247 Å². The summed E-state index contributed by atoms with van der Waals surface area (Å²) in [7, 11) is -3.87. The summed E-state index contributed by atoms with van der Waals surface area (Å²) in [5.74, 6) is 1.20. The molecule has 0 atom stereocenters. The Morgan fingerprint density at radius 1 is 0.561 bits per heavy atom. The quantitative estimate of drug-likeness (QED) is 0.284. The Kier molecular flexibility index (Phi) is 8.79. The van der Waals surface area contributed by atoms with Crippen molar-refractivity contribution in [1.29, 1.82) is 0 Å². The highest BCUT2D eigenvalue weighted by Gasteiger charge is 2.34. The molecule has 0 saturated carbocycles. The van der Waals surface area contributed by atoms with Crippen molar-refractivity contribution in [2.45, 2.75) is 111 Å². The molecule has 224 valence electrons. The predicted octanol–water partition coefficient (Wildman–Crippen LogP) is 10.1. The van der Waals surface area contributed by atoms with Crippen LogP contribution in [0, 0.1) is 0 Å². The van der Waals surface area contributed by atoms with E-state index in [9.17, 15) is 14.8 Å². The first-order valence-electron chi connectivity index (χ1n) is 14.3. The van der Waals surface area contributed by atoms with Crippen LogP contribution in [0.3, 0.4) is 0 Å². The van der Waals surface area contributed by atoms with Crippen LogP contribution in [-0.2, 0) is 32.4 Å². The summed E-state index contributed by atoms with van der Waals surface area (Å²) in [6.07, 6.45) is 0.0427. The number of benzene rings is 3. The van der Waals surface area contributed by atoms with Crippen LogP contribution in [-0.4, -0.2) is 10.2 Å². The maximum Gasteiger partial charge on any atom is 0.435 e. The molecule has 2 N–H and O–H groups in total. The molecule has 0 aliphatic carbocycles. The monoisotopic (exact) mass is 580 g/mol. The highest BCUT2D eigenvalue weighted by atomic mass is 31.2. The van der Waals surface area contributed by atoms with Gasteiger partial charge in [0.25, 0.3) is 0 Å². The normalized spacial score (nSPS) is 13.3. The van der Waals surface area contributed by atoms with Crippen LogP contribution < -0.4 is 9.05 Å². The number of rotatable bonds is 6. The topological polar surface area (TPSA) is 76.0 Å². The van der Waals surface area contributed by atoms with Crippen LogP contribution in [0.15, 0.2) is 54.6 Å². The van der Waals surface area contributed by atoms with Crippen molar-refractivity contribution in [3.05, 3.63) is 82.4 Å². The lowest BCUT2D eigenvalue weighted by molar-refractivity contribution is 0.375. The lowest BCUT2D eigenvalue weighted by atomic mass is 9.79. The lowest BCUT2D eigenvalue weighted by Crippen LogP contribution is -2.18. The molecule has 0 amide bonds. The standard InChI is InChI=1S/C35H49O5P/c1-32(2,3)26-18-24(19-27(30(26)36)33(4,5)6)39-41(38,22-23-16-14-13-15-17-23)40-25-20-28(34(7,8)9)31(37)29(21-25)35(10,11)12/h13-21,36-37H,22H2,1-12H3. The molecule has 0 fully saturated rings. The zero-order chi connectivity index (χ0) is 31.2. The summed E-state index contributed by atoms with van der Waals surface area (Å²) in [6, 6.07) is 16.6. The molecule has 0 saturated heterocycles. The number of hydrogen-bond donors (Lipinski definition) is 2. The Morgan fingerprint density at radius 2 is 0.854 bits per heavy atom. The number of phenols is 2. The number of phenolic OH excluding ortho intramolecular Hbond substituents is 2. The number of hydrogen-bond acceptors (Lipinski definition) is 5. The van der Waals surface area contributed by atoms with Gasteiger partial charge in [0.2, 0.25) is 0 Å². The fourth-order valence-electron chi connectivity index (χ4n) is 4.82. The van der Waals surface area contributed by atoms with E-state index < -0.39 is 7.60 Å². The molecule has 0 radical (unpaired) electrons. The summed E-state index contributed by atoms with van der Waals surface area (Å²) in [5.41, 5.74) is 2.12. The molecular formula is C35H49O5P. The van der Waals surface area contributed by atoms with Gasteiger partial charge in [-0.05, 0) is 51.5 Å². The highest BCUT2D eigenvalue weighted by Crippen LogP contribution is 2.54. The largest absolute Gasteiger partial charge is 0.507 e. The van der Waals surface area contributed by atoms with E-state index in [1.807, 2.05) is 113 Å². The van der Waals surface area contributed by atoms with E-state index in [2.05, 4.69) is 0 Å². The minimum atomic E-state index is -3.87. The molecule has 0 aliphatic heterocycles. The average molecular weight is 581 g/mol. The van der Waals surface area contributed by atoms with Crippen LogP contribution in [0.4, 0.5) is 0 Å². The average Bonchev–Trinajstić information content (AvgIpc) is 2.78. The van der Waals surface area contributed by atoms with Gasteiger partial charge in [0.15, 0.2) is 0 Å². The van der Waals surface area contributed by atoms with Gasteiger partial charge in [-0.2, -0.15) is 0 Å². The van der Waals surface area contributed by atoms with Gasteiger partial charge in [-0.25, -0.2) is 4.57 Å². The van der Waals surface area contributed by atoms with E-state index >= 15 is 0 Å². The van der Waals surface area contributed by atoms with Crippen LogP contribution in [0.5, 0.6) is 23.0 Å². The van der Waals surface area contributed by atoms with Gasteiger partial charge >= 0.3 is 7.60 Å². The third kappa shape index (κ3) is 7.89. The minimum Gasteiger partial charge on any atom is -0.507 e. The highest BCUT2D eigenvalue weighted by molar-refractivity contribution is 7.53. The smallest absolute Gasteiger partial charge is 0.435 e. The molecule has 0 heterocycles. The van der Waals surface area contributed by atoms with Crippen LogP contribution in [0.25, 0.3) is 0 Å². The van der Waals surface area contributed by atoms with Crippen LogP contribution in [0.1, 0.15) is 111 Å². The van der Waals surface area contributed by atoms with E-state index in [1.54, 1.807) is 24.3 Å². The summed E-state index contributed by atoms with van der Waals surface area (Å²) in [5, 5.41) is 22.4. The van der Waals surface area contributed by atoms with Crippen LogP contribution >= 0.6 is 7.60 Å². The SMILES string of the molecule is CC(C)(C)c1cc(OP(=O)(Cc2ccccc2)Oc2cc(C(C)(C)C)c(O)c(C(C)(C)C)c2)cc(C(C)(C)C)c1O. The van der Waals surface area contributed by atoms with Gasteiger partial charge in [-0.1, -0.05) is 113 Å². The maximum absolute atomic E-state index is 14.8. The molecule has 0 bridgehead atoms. The van der Waals surface area contributed by atoms with Gasteiger partial charge < -0.3 is 19.3 Å². The van der Waals surface area contributed by atoms with Crippen molar-refractivity contribution in [3.8, 4) is 23.0 Å². The second-order valence-electron chi connectivity index (χ2n) is 15.2. The molecule has 5 nitrogen and oxygen atoms in total. The third-order valence-electron chi connectivity index (χ3n) is 7.11. The van der Waals surface area contributed by atoms with Crippen molar-refractivity contribution < 1.29 is 23.8 Å². The fourth-order valence-corrected chi connectivity index (χ4v) is 6.50. The summed E-state index contributed by atoms with van der Waals surface area (Å²) in [6.45, 7) is 24.3. The maximum atomic E-state index is 14.8. The van der Waals surface area contributed by atoms with Crippen molar-refractivity contribution in [2.75, 3.05) is 0 Å². The second kappa shape index (κ2) is 11.1. The summed E-state index contributed by atoms with van der Waals surface area (Å²) >= 11 is 0. The van der Waals surface area contributed by atoms with Crippen LogP contribution in [0.2, 0.25) is 0 Å². The minimum absolute atomic E-state index is 0.0427. The molecule has 3 aromatic rings. The van der Waals surface area contributed by atoms with Crippen molar-refractivity contribution >= 4 is 7.60 Å². The van der Waals surface area contributed by atoms with Crippen molar-refractivity contribution in [1.82, 2.24) is 0 Å². The lowest BCUT2D eigenvalue weighted by Gasteiger charge is -2.30. The van der Waals surface area contributed by atoms with Crippen molar-refractivity contribution in [3.63, 3.8) is 0 Å². The Balaban J connectivity index is 2.23. The van der Waals surface area contributed by atoms with E-state index in [1.165, 1.54) is 0 Å². The summed E-state index contributed by atoms with van der Waals surface area (Å²) in [4.78, 5) is 0. The molecule has 0 spiro atoms. The van der Waals surface area contributed by atoms with E-state index in [0.29, 0.717) is 33.8 Å². The molecular weight excluding hydrogens is 531 g/mol. The Morgan fingerprint density at radius 3 is 1.12 bits per heavy atom. The van der Waals surface area contributed by atoms with E-state index in [0.717, 1.165) is 5.56 Å². The first-order chi connectivity index (χ1) is 18.5. The second-order valence-corrected chi connectivity index (χ2v) is 17.1. The molecule has 3 aromatic carbocycles. The zero-order valence-corrected chi connectivity index (χ0v) is 27.9. The van der Waals surface area contributed by atoms with Gasteiger partial charge in [0.1, 0.15) is 23.0 Å². The van der Waals surface area contributed by atoms with E-state index in [4.69, 9.17) is 9.05 Å². The zero-order valence-electron chi connectivity index (χ0n) is 27.0. The van der Waals surface area contributed by atoms with Gasteiger partial charge in [0.05, 0.1) is 6.16 Å². The Bertz CT molecular complexity index is 1270. The fraction of sp³-hybridized carbons (Fsp3) is 0.486. The molecule has 0 aromatic heterocycles. The summed E-state index contributed by atoms with van der Waals surface area (Å²) < 4.78 is 27.5. The molecule has 0 unspecified atom stereocenters. The van der Waals surface area contributed by atoms with E-state index in [-0.39, 0.29) is 39.3 Å². The number of aromatic hydroxyl groups is 2. The Hall–Kier alpha value is -2.91. The third-order valence-corrected chi connectivity index (χ3v) is 8.84. The molecule has 0 aliphatic rings. The van der Waals surface area contributed by atoms with Gasteiger partial charge in [-0.3, -0.25) is 0 Å². The molecule has 6 heteroatoms. The van der Waals surface area contributed by atoms with Gasteiger partial charge in [-0.15, -0.1) is 0 Å². The first kappa shape index (κ1) is 32.6. The predicted molar refractivity (Wildman–Crippen MR) is 170 cm³/mol. The molecule has 3 rings (SSSR count). The first-order valence-corrected chi connectivity index (χ1v) is 16.0.